The Balaban J connectivity index is 1.40. The fourth-order valence-corrected chi connectivity index (χ4v) is 5.26. The van der Waals surface area contributed by atoms with E-state index < -0.39 is 0 Å². The van der Waals surface area contributed by atoms with E-state index in [0.717, 1.165) is 50.4 Å². The number of anilines is 1. The van der Waals surface area contributed by atoms with Crippen molar-refractivity contribution in [3.63, 3.8) is 0 Å². The summed E-state index contributed by atoms with van der Waals surface area (Å²) in [5.74, 6) is 2.62. The Morgan fingerprint density at radius 2 is 2.07 bits per heavy atom. The van der Waals surface area contributed by atoms with E-state index >= 15 is 0 Å². The van der Waals surface area contributed by atoms with Gasteiger partial charge in [0.1, 0.15) is 11.6 Å². The Kier molecular flexibility index (Phi) is 4.21. The van der Waals surface area contributed by atoms with Crippen LogP contribution >= 0.6 is 0 Å². The second-order valence-electron chi connectivity index (χ2n) is 8.37. The van der Waals surface area contributed by atoms with Crippen molar-refractivity contribution in [2.75, 3.05) is 5.32 Å². The van der Waals surface area contributed by atoms with E-state index in [4.69, 9.17) is 0 Å². The zero-order chi connectivity index (χ0) is 18.4. The lowest BCUT2D eigenvalue weighted by molar-refractivity contribution is -0.121. The average molecular weight is 368 g/mol. The summed E-state index contributed by atoms with van der Waals surface area (Å²) in [7, 11) is 0. The molecule has 1 N–H and O–H groups in total. The number of nitrogens with zero attached hydrogens (tertiary/aromatic N) is 3. The number of halogens is 1. The van der Waals surface area contributed by atoms with Gasteiger partial charge in [-0.1, -0.05) is 12.8 Å². The van der Waals surface area contributed by atoms with Crippen LogP contribution in [0, 0.1) is 23.6 Å². The lowest BCUT2D eigenvalue weighted by Crippen LogP contribution is -2.27. The molecular weight excluding hydrogens is 343 g/mol. The van der Waals surface area contributed by atoms with Gasteiger partial charge in [0.05, 0.1) is 5.56 Å². The van der Waals surface area contributed by atoms with Gasteiger partial charge in [-0.05, 0) is 62.1 Å². The Bertz CT molecular complexity index is 877. The molecule has 1 amide bonds. The van der Waals surface area contributed by atoms with Crippen molar-refractivity contribution in [2.24, 2.45) is 17.8 Å². The van der Waals surface area contributed by atoms with E-state index in [-0.39, 0.29) is 17.6 Å². The molecule has 2 bridgehead atoms. The molecule has 3 aliphatic rings. The number of rotatable bonds is 3. The summed E-state index contributed by atoms with van der Waals surface area (Å²) in [5.41, 5.74) is 1.06. The van der Waals surface area contributed by atoms with Crippen molar-refractivity contribution in [3.05, 3.63) is 29.8 Å². The topological polar surface area (TPSA) is 59.8 Å². The molecule has 142 valence electrons. The van der Waals surface area contributed by atoms with Gasteiger partial charge < -0.3 is 9.88 Å². The quantitative estimate of drug-likeness (QED) is 0.884. The van der Waals surface area contributed by atoms with E-state index in [1.54, 1.807) is 12.1 Å². The largest absolute Gasteiger partial charge is 0.326 e. The molecular formula is C21H25FN4O. The number of aryl methyl sites for hydroxylation is 1. The number of amides is 1. The van der Waals surface area contributed by atoms with Crippen LogP contribution in [0.25, 0.3) is 11.4 Å². The monoisotopic (exact) mass is 368 g/mol. The number of carbonyl (C=O) groups excluding carboxylic acids is 1. The van der Waals surface area contributed by atoms with Crippen LogP contribution in [-0.4, -0.2) is 20.7 Å². The predicted molar refractivity (Wildman–Crippen MR) is 101 cm³/mol. The molecule has 0 radical (unpaired) electrons. The summed E-state index contributed by atoms with van der Waals surface area (Å²) in [6, 6.07) is 4.77. The number of benzene rings is 1. The Morgan fingerprint density at radius 3 is 2.89 bits per heavy atom. The molecule has 1 aliphatic heterocycles. The maximum Gasteiger partial charge on any atom is 0.227 e. The molecule has 5 nitrogen and oxygen atoms in total. The minimum Gasteiger partial charge on any atom is -0.326 e. The molecule has 2 aliphatic carbocycles. The molecule has 2 heterocycles. The van der Waals surface area contributed by atoms with E-state index in [2.05, 4.69) is 15.5 Å². The number of hydrogen-bond donors (Lipinski definition) is 1. The molecule has 6 heteroatoms. The number of nitrogens with one attached hydrogen (secondary N) is 1. The Hall–Kier alpha value is -2.24. The van der Waals surface area contributed by atoms with Gasteiger partial charge in [-0.15, -0.1) is 10.2 Å². The average Bonchev–Trinajstić information content (AvgIpc) is 3.36. The zero-order valence-electron chi connectivity index (χ0n) is 15.5. The minimum absolute atomic E-state index is 0.0832. The van der Waals surface area contributed by atoms with Gasteiger partial charge >= 0.3 is 0 Å². The third kappa shape index (κ3) is 3.05. The van der Waals surface area contributed by atoms with Gasteiger partial charge in [-0.2, -0.15) is 0 Å². The first-order valence-electron chi connectivity index (χ1n) is 10.2. The highest BCUT2D eigenvalue weighted by Gasteiger charge is 2.43. The minimum atomic E-state index is -0.327. The summed E-state index contributed by atoms with van der Waals surface area (Å²) in [6.45, 7) is 0.818. The molecule has 0 saturated heterocycles. The van der Waals surface area contributed by atoms with Crippen molar-refractivity contribution >= 4 is 11.6 Å². The number of hydrogen-bond acceptors (Lipinski definition) is 3. The van der Waals surface area contributed by atoms with Crippen molar-refractivity contribution < 1.29 is 9.18 Å². The molecule has 3 atom stereocenters. The Morgan fingerprint density at radius 1 is 1.15 bits per heavy atom. The summed E-state index contributed by atoms with van der Waals surface area (Å²) in [5, 5.41) is 11.6. The number of aromatic nitrogens is 3. The van der Waals surface area contributed by atoms with Gasteiger partial charge in [0.25, 0.3) is 0 Å². The molecule has 2 fully saturated rings. The molecule has 0 spiro atoms. The van der Waals surface area contributed by atoms with Crippen molar-refractivity contribution in [3.8, 4) is 11.4 Å². The van der Waals surface area contributed by atoms with Crippen LogP contribution in [0.5, 0.6) is 0 Å². The zero-order valence-corrected chi connectivity index (χ0v) is 15.5. The second-order valence-corrected chi connectivity index (χ2v) is 8.37. The highest BCUT2D eigenvalue weighted by atomic mass is 19.1. The lowest BCUT2D eigenvalue weighted by Gasteiger charge is -2.21. The first-order chi connectivity index (χ1) is 13.2. The third-order valence-corrected chi connectivity index (χ3v) is 6.66. The lowest BCUT2D eigenvalue weighted by atomic mass is 9.88. The fourth-order valence-electron chi connectivity index (χ4n) is 5.26. The highest BCUT2D eigenvalue weighted by molar-refractivity contribution is 5.93. The normalized spacial score (nSPS) is 26.6. The summed E-state index contributed by atoms with van der Waals surface area (Å²) >= 11 is 0. The predicted octanol–water partition coefficient (Wildman–Crippen LogP) is 4.19. The standard InChI is InChI=1S/C21H25FN4O/c22-18-8-7-15(23-21(27)16-11-13-5-6-14(16)10-13)12-17(18)20-25-24-19-4-2-1-3-9-26(19)20/h7-8,12-14,16H,1-6,9-11H2,(H,23,27). The molecule has 2 saturated carbocycles. The van der Waals surface area contributed by atoms with Crippen LogP contribution < -0.4 is 5.32 Å². The van der Waals surface area contributed by atoms with Crippen molar-refractivity contribution in [1.82, 2.24) is 14.8 Å². The van der Waals surface area contributed by atoms with E-state index in [9.17, 15) is 9.18 Å². The van der Waals surface area contributed by atoms with Crippen LogP contribution in [0.2, 0.25) is 0 Å². The van der Waals surface area contributed by atoms with Crippen LogP contribution in [0.4, 0.5) is 10.1 Å². The van der Waals surface area contributed by atoms with Crippen LogP contribution in [0.1, 0.15) is 50.8 Å². The SMILES string of the molecule is O=C(Nc1ccc(F)c(-c2nnc3n2CCCCC3)c1)C1CC2CCC1C2. The van der Waals surface area contributed by atoms with Gasteiger partial charge in [0.15, 0.2) is 5.82 Å². The summed E-state index contributed by atoms with van der Waals surface area (Å²) in [6.07, 6.45) is 8.83. The molecule has 3 unspecified atom stereocenters. The maximum atomic E-state index is 14.6. The third-order valence-electron chi connectivity index (χ3n) is 6.66. The van der Waals surface area contributed by atoms with Gasteiger partial charge in [0, 0.05) is 24.6 Å². The first-order valence-corrected chi connectivity index (χ1v) is 10.2. The smallest absolute Gasteiger partial charge is 0.227 e. The Labute approximate surface area is 158 Å². The van der Waals surface area contributed by atoms with Crippen LogP contribution in [0.15, 0.2) is 18.2 Å². The summed E-state index contributed by atoms with van der Waals surface area (Å²) in [4.78, 5) is 12.7. The van der Waals surface area contributed by atoms with Gasteiger partial charge in [-0.3, -0.25) is 4.79 Å². The maximum absolute atomic E-state index is 14.6. The molecule has 5 rings (SSSR count). The molecule has 27 heavy (non-hydrogen) atoms. The number of fused-ring (bicyclic) bond motifs is 3. The van der Waals surface area contributed by atoms with Crippen LogP contribution in [0.3, 0.4) is 0 Å². The number of carbonyl (C=O) groups is 1. The molecule has 1 aromatic heterocycles. The summed E-state index contributed by atoms with van der Waals surface area (Å²) < 4.78 is 16.6. The first kappa shape index (κ1) is 16.9. The van der Waals surface area contributed by atoms with E-state index in [1.807, 2.05) is 4.57 Å². The van der Waals surface area contributed by atoms with Gasteiger partial charge in [0.2, 0.25) is 5.91 Å². The fraction of sp³-hybridized carbons (Fsp3) is 0.571. The second kappa shape index (κ2) is 6.73. The van der Waals surface area contributed by atoms with Crippen molar-refractivity contribution in [2.45, 2.75) is 57.9 Å². The highest BCUT2D eigenvalue weighted by Crippen LogP contribution is 2.48. The van der Waals surface area contributed by atoms with E-state index in [0.29, 0.717) is 23.0 Å². The van der Waals surface area contributed by atoms with E-state index in [1.165, 1.54) is 25.3 Å². The van der Waals surface area contributed by atoms with Gasteiger partial charge in [-0.25, -0.2) is 4.39 Å². The molecule has 1 aromatic carbocycles. The molecule has 2 aromatic rings. The van der Waals surface area contributed by atoms with Crippen LogP contribution in [-0.2, 0) is 17.8 Å². The van der Waals surface area contributed by atoms with Crippen molar-refractivity contribution in [1.29, 1.82) is 0 Å².